The molecule has 5 nitrogen and oxygen atoms in total. The second kappa shape index (κ2) is 7.90. The number of hydrogen-bond donors (Lipinski definition) is 1. The van der Waals surface area contributed by atoms with Crippen LogP contribution < -0.4 is 10.1 Å². The van der Waals surface area contributed by atoms with E-state index in [-0.39, 0.29) is 0 Å². The lowest BCUT2D eigenvalue weighted by atomic mass is 9.96. The fourth-order valence-corrected chi connectivity index (χ4v) is 4.59. The molecule has 5 heteroatoms. The Morgan fingerprint density at radius 2 is 1.93 bits per heavy atom. The van der Waals surface area contributed by atoms with Gasteiger partial charge in [0.05, 0.1) is 11.7 Å². The van der Waals surface area contributed by atoms with Gasteiger partial charge in [-0.15, -0.1) is 0 Å². The van der Waals surface area contributed by atoms with Gasteiger partial charge in [-0.2, -0.15) is 5.10 Å². The number of anilines is 2. The minimum atomic E-state index is 0.469. The molecule has 2 heterocycles. The number of pyridine rings is 1. The van der Waals surface area contributed by atoms with Crippen LogP contribution in [0.3, 0.4) is 0 Å². The third kappa shape index (κ3) is 3.86. The molecule has 1 fully saturated rings. The SMILES string of the molecule is Cc1cccc(Nc2cc(Oc3c4c(nn3C3CCCCC3)CCC4)ccn2)c1. The maximum absolute atomic E-state index is 6.47. The predicted octanol–water partition coefficient (Wildman–Crippen LogP) is 6.12. The zero-order chi connectivity index (χ0) is 19.6. The van der Waals surface area contributed by atoms with Crippen molar-refractivity contribution < 1.29 is 4.74 Å². The summed E-state index contributed by atoms with van der Waals surface area (Å²) in [7, 11) is 0. The van der Waals surface area contributed by atoms with Gasteiger partial charge in [0.2, 0.25) is 5.88 Å². The zero-order valence-corrected chi connectivity index (χ0v) is 17.0. The van der Waals surface area contributed by atoms with Crippen molar-refractivity contribution in [2.45, 2.75) is 64.3 Å². The summed E-state index contributed by atoms with van der Waals surface area (Å²) in [6, 6.07) is 12.7. The molecule has 29 heavy (non-hydrogen) atoms. The first-order chi connectivity index (χ1) is 14.3. The fraction of sp³-hybridized carbons (Fsp3) is 0.417. The average molecular weight is 389 g/mol. The van der Waals surface area contributed by atoms with E-state index in [0.717, 1.165) is 36.0 Å². The van der Waals surface area contributed by atoms with Gasteiger partial charge in [-0.25, -0.2) is 9.67 Å². The first kappa shape index (κ1) is 18.2. The molecule has 5 rings (SSSR count). The quantitative estimate of drug-likeness (QED) is 0.572. The van der Waals surface area contributed by atoms with Crippen LogP contribution in [0.5, 0.6) is 11.6 Å². The molecule has 1 aromatic carbocycles. The van der Waals surface area contributed by atoms with Gasteiger partial charge in [0, 0.05) is 23.5 Å². The molecule has 0 aliphatic heterocycles. The highest BCUT2D eigenvalue weighted by atomic mass is 16.5. The Bertz CT molecular complexity index is 1000. The molecular weight excluding hydrogens is 360 g/mol. The molecule has 2 aromatic heterocycles. The monoisotopic (exact) mass is 388 g/mol. The molecule has 0 amide bonds. The van der Waals surface area contributed by atoms with Crippen molar-refractivity contribution in [2.24, 2.45) is 0 Å². The Balaban J connectivity index is 1.41. The largest absolute Gasteiger partial charge is 0.439 e. The molecule has 0 spiro atoms. The number of fused-ring (bicyclic) bond motifs is 1. The van der Waals surface area contributed by atoms with Crippen molar-refractivity contribution in [1.82, 2.24) is 14.8 Å². The van der Waals surface area contributed by atoms with Gasteiger partial charge in [-0.1, -0.05) is 31.4 Å². The van der Waals surface area contributed by atoms with Crippen LogP contribution in [0.4, 0.5) is 11.5 Å². The minimum Gasteiger partial charge on any atom is -0.439 e. The molecular formula is C24H28N4O. The highest BCUT2D eigenvalue weighted by Gasteiger charge is 2.28. The van der Waals surface area contributed by atoms with Crippen LogP contribution in [-0.4, -0.2) is 14.8 Å². The molecule has 0 saturated heterocycles. The van der Waals surface area contributed by atoms with Gasteiger partial charge in [0.1, 0.15) is 11.6 Å². The van der Waals surface area contributed by atoms with E-state index in [1.165, 1.54) is 55.3 Å². The molecule has 2 aliphatic rings. The number of aromatic nitrogens is 3. The van der Waals surface area contributed by atoms with Crippen LogP contribution in [0.1, 0.15) is 61.4 Å². The summed E-state index contributed by atoms with van der Waals surface area (Å²) in [5.41, 5.74) is 4.79. The van der Waals surface area contributed by atoms with E-state index in [1.807, 2.05) is 24.3 Å². The Kier molecular flexibility index (Phi) is 4.96. The van der Waals surface area contributed by atoms with Crippen molar-refractivity contribution in [1.29, 1.82) is 0 Å². The summed E-state index contributed by atoms with van der Waals surface area (Å²) >= 11 is 0. The van der Waals surface area contributed by atoms with Crippen molar-refractivity contribution >= 4 is 11.5 Å². The lowest BCUT2D eigenvalue weighted by Gasteiger charge is -2.24. The summed E-state index contributed by atoms with van der Waals surface area (Å²) < 4.78 is 8.66. The number of rotatable bonds is 5. The second-order valence-corrected chi connectivity index (χ2v) is 8.29. The highest BCUT2D eigenvalue weighted by molar-refractivity contribution is 5.58. The first-order valence-corrected chi connectivity index (χ1v) is 10.8. The number of nitrogens with one attached hydrogen (secondary N) is 1. The van der Waals surface area contributed by atoms with E-state index in [0.29, 0.717) is 6.04 Å². The lowest BCUT2D eigenvalue weighted by molar-refractivity contribution is 0.293. The summed E-state index contributed by atoms with van der Waals surface area (Å²) in [5.74, 6) is 2.55. The van der Waals surface area contributed by atoms with Gasteiger partial charge in [0.15, 0.2) is 0 Å². The summed E-state index contributed by atoms with van der Waals surface area (Å²) in [5, 5.41) is 8.35. The van der Waals surface area contributed by atoms with Crippen LogP contribution in [0.15, 0.2) is 42.6 Å². The topological polar surface area (TPSA) is 52.0 Å². The maximum Gasteiger partial charge on any atom is 0.221 e. The Hall–Kier alpha value is -2.82. The number of benzene rings is 1. The Morgan fingerprint density at radius 1 is 1.03 bits per heavy atom. The van der Waals surface area contributed by atoms with Crippen molar-refractivity contribution in [3.8, 4) is 11.6 Å². The van der Waals surface area contributed by atoms with Crippen molar-refractivity contribution in [2.75, 3.05) is 5.32 Å². The molecule has 150 valence electrons. The van der Waals surface area contributed by atoms with Gasteiger partial charge in [-0.3, -0.25) is 0 Å². The van der Waals surface area contributed by atoms with Gasteiger partial charge in [-0.05, 0) is 62.8 Å². The lowest BCUT2D eigenvalue weighted by Crippen LogP contribution is -2.15. The normalized spacial score (nSPS) is 16.6. The van der Waals surface area contributed by atoms with Gasteiger partial charge < -0.3 is 10.1 Å². The fourth-order valence-electron chi connectivity index (χ4n) is 4.59. The molecule has 3 aromatic rings. The van der Waals surface area contributed by atoms with Crippen molar-refractivity contribution in [3.05, 3.63) is 59.4 Å². The smallest absolute Gasteiger partial charge is 0.221 e. The number of aryl methyl sites for hydroxylation is 2. The molecule has 2 aliphatic carbocycles. The van der Waals surface area contributed by atoms with E-state index >= 15 is 0 Å². The summed E-state index contributed by atoms with van der Waals surface area (Å²) in [6.07, 6.45) is 11.4. The van der Waals surface area contributed by atoms with Crippen molar-refractivity contribution in [3.63, 3.8) is 0 Å². The maximum atomic E-state index is 6.47. The van der Waals surface area contributed by atoms with Gasteiger partial charge in [0.25, 0.3) is 0 Å². The summed E-state index contributed by atoms with van der Waals surface area (Å²) in [6.45, 7) is 2.09. The second-order valence-electron chi connectivity index (χ2n) is 8.29. The Morgan fingerprint density at radius 3 is 2.79 bits per heavy atom. The van der Waals surface area contributed by atoms with E-state index in [2.05, 4.69) is 34.0 Å². The summed E-state index contributed by atoms with van der Waals surface area (Å²) in [4.78, 5) is 4.46. The standard InChI is InChI=1S/C24H28N4O/c1-17-7-5-8-18(15-17)26-23-16-20(13-14-25-23)29-24-21-11-6-12-22(21)27-28(24)19-9-3-2-4-10-19/h5,7-8,13-16,19H,2-4,6,9-12H2,1H3,(H,25,26). The highest BCUT2D eigenvalue weighted by Crippen LogP contribution is 2.39. The van der Waals surface area contributed by atoms with Crippen LogP contribution in [0.2, 0.25) is 0 Å². The van der Waals surface area contributed by atoms with Gasteiger partial charge >= 0.3 is 0 Å². The third-order valence-corrected chi connectivity index (χ3v) is 6.04. The number of nitrogens with zero attached hydrogens (tertiary/aromatic N) is 3. The molecule has 0 atom stereocenters. The Labute approximate surface area is 172 Å². The number of ether oxygens (including phenoxy) is 1. The van der Waals surface area contributed by atoms with E-state index in [1.54, 1.807) is 6.20 Å². The van der Waals surface area contributed by atoms with E-state index in [4.69, 9.17) is 9.84 Å². The van der Waals surface area contributed by atoms with E-state index in [9.17, 15) is 0 Å². The minimum absolute atomic E-state index is 0.469. The molecule has 0 radical (unpaired) electrons. The molecule has 1 N–H and O–H groups in total. The number of hydrogen-bond acceptors (Lipinski definition) is 4. The average Bonchev–Trinajstić information content (AvgIpc) is 3.32. The van der Waals surface area contributed by atoms with Crippen LogP contribution in [0.25, 0.3) is 0 Å². The zero-order valence-electron chi connectivity index (χ0n) is 17.0. The third-order valence-electron chi connectivity index (χ3n) is 6.04. The molecule has 1 saturated carbocycles. The predicted molar refractivity (Wildman–Crippen MR) is 115 cm³/mol. The van der Waals surface area contributed by atoms with E-state index < -0.39 is 0 Å². The van der Waals surface area contributed by atoms with Crippen LogP contribution >= 0.6 is 0 Å². The molecule has 0 unspecified atom stereocenters. The van der Waals surface area contributed by atoms with Crippen LogP contribution in [0, 0.1) is 6.92 Å². The molecule has 0 bridgehead atoms. The first-order valence-electron chi connectivity index (χ1n) is 10.8. The van der Waals surface area contributed by atoms with Crippen LogP contribution in [-0.2, 0) is 12.8 Å².